The number of piperidine rings is 3. The van der Waals surface area contributed by atoms with Gasteiger partial charge in [0.2, 0.25) is 0 Å². The highest BCUT2D eigenvalue weighted by Crippen LogP contribution is 2.29. The number of thiophene rings is 1. The van der Waals surface area contributed by atoms with Crippen molar-refractivity contribution in [3.8, 4) is 0 Å². The number of amides is 1. The first-order chi connectivity index (χ1) is 13.2. The van der Waals surface area contributed by atoms with E-state index in [-0.39, 0.29) is 5.91 Å². The Bertz CT molecular complexity index is 969. The van der Waals surface area contributed by atoms with Crippen LogP contribution in [-0.4, -0.2) is 41.4 Å². The predicted molar refractivity (Wildman–Crippen MR) is 107 cm³/mol. The second kappa shape index (κ2) is 6.77. The van der Waals surface area contributed by atoms with Crippen LogP contribution in [-0.2, 0) is 6.54 Å². The number of quaternary nitrogens is 1. The largest absolute Gasteiger partial charge is 0.343 e. The Morgan fingerprint density at radius 3 is 2.78 bits per heavy atom. The van der Waals surface area contributed by atoms with Crippen LogP contribution in [0.3, 0.4) is 0 Å². The molecule has 140 valence electrons. The summed E-state index contributed by atoms with van der Waals surface area (Å²) in [6.07, 6.45) is 2.50. The third-order valence-corrected chi connectivity index (χ3v) is 7.29. The molecule has 5 heterocycles. The Labute approximate surface area is 163 Å². The fourth-order valence-electron chi connectivity index (χ4n) is 4.63. The molecule has 3 aliphatic rings. The first-order valence-electron chi connectivity index (χ1n) is 9.82. The maximum atomic E-state index is 12.9. The Morgan fingerprint density at radius 2 is 2.07 bits per heavy atom. The number of hydrogen-bond acceptors (Lipinski definition) is 3. The molecular formula is C21H25N4OS+. The molecule has 2 N–H and O–H groups in total. The minimum Gasteiger partial charge on any atom is -0.343 e. The predicted octanol–water partition coefficient (Wildman–Crippen LogP) is 1.86. The molecule has 2 bridgehead atoms. The minimum absolute atomic E-state index is 0.0833. The van der Waals surface area contributed by atoms with Gasteiger partial charge in [0.25, 0.3) is 5.91 Å². The molecular weight excluding hydrogens is 356 g/mol. The number of rotatable bonds is 4. The van der Waals surface area contributed by atoms with Crippen LogP contribution in [0.25, 0.3) is 10.2 Å². The van der Waals surface area contributed by atoms with Crippen molar-refractivity contribution in [3.63, 3.8) is 0 Å². The van der Waals surface area contributed by atoms with Gasteiger partial charge in [-0.1, -0.05) is 30.3 Å². The van der Waals surface area contributed by atoms with E-state index in [9.17, 15) is 4.79 Å². The number of nitrogens with zero attached hydrogens (tertiary/aromatic N) is 2. The van der Waals surface area contributed by atoms with Crippen molar-refractivity contribution in [1.29, 1.82) is 0 Å². The van der Waals surface area contributed by atoms with Crippen molar-refractivity contribution < 1.29 is 9.69 Å². The van der Waals surface area contributed by atoms with E-state index in [0.29, 0.717) is 12.0 Å². The molecule has 1 aromatic carbocycles. The van der Waals surface area contributed by atoms with E-state index in [1.807, 2.05) is 35.9 Å². The SMILES string of the molecule is Cc1nn(Cc2ccccc2)c2sc(C(=O)N[C@@H]3C[NH+]4CCC3CC4)cc12. The van der Waals surface area contributed by atoms with Crippen LogP contribution in [0.5, 0.6) is 0 Å². The van der Waals surface area contributed by atoms with Crippen LogP contribution in [0, 0.1) is 12.8 Å². The van der Waals surface area contributed by atoms with Crippen LogP contribution in [0.4, 0.5) is 0 Å². The lowest BCUT2D eigenvalue weighted by molar-refractivity contribution is -0.917. The van der Waals surface area contributed by atoms with Crippen molar-refractivity contribution in [2.75, 3.05) is 19.6 Å². The maximum absolute atomic E-state index is 12.9. The average molecular weight is 382 g/mol. The first kappa shape index (κ1) is 17.0. The number of fused-ring (bicyclic) bond motifs is 4. The molecule has 3 aliphatic heterocycles. The van der Waals surface area contributed by atoms with Crippen LogP contribution < -0.4 is 10.2 Å². The van der Waals surface area contributed by atoms with Gasteiger partial charge in [-0.25, -0.2) is 0 Å². The normalized spacial score (nSPS) is 24.4. The average Bonchev–Trinajstić information content (AvgIpc) is 3.25. The van der Waals surface area contributed by atoms with E-state index in [2.05, 4.69) is 22.5 Å². The molecule has 6 heteroatoms. The van der Waals surface area contributed by atoms with Gasteiger partial charge in [0, 0.05) is 18.2 Å². The highest BCUT2D eigenvalue weighted by Gasteiger charge is 2.38. The zero-order valence-corrected chi connectivity index (χ0v) is 16.4. The van der Waals surface area contributed by atoms with Gasteiger partial charge in [-0.15, -0.1) is 11.3 Å². The summed E-state index contributed by atoms with van der Waals surface area (Å²) >= 11 is 1.56. The third-order valence-electron chi connectivity index (χ3n) is 6.14. The number of nitrogens with one attached hydrogen (secondary N) is 2. The van der Waals surface area contributed by atoms with E-state index in [1.54, 1.807) is 16.2 Å². The zero-order valence-electron chi connectivity index (χ0n) is 15.6. The lowest BCUT2D eigenvalue weighted by Crippen LogP contribution is -3.17. The van der Waals surface area contributed by atoms with Gasteiger partial charge in [0.1, 0.15) is 4.83 Å². The third kappa shape index (κ3) is 3.17. The number of carbonyl (C=O) groups excluding carboxylic acids is 1. The van der Waals surface area contributed by atoms with Crippen molar-refractivity contribution in [3.05, 3.63) is 52.5 Å². The number of aryl methyl sites for hydroxylation is 1. The molecule has 2 aromatic heterocycles. The number of hydrogen-bond donors (Lipinski definition) is 2. The molecule has 3 fully saturated rings. The molecule has 1 amide bonds. The zero-order chi connectivity index (χ0) is 18.4. The quantitative estimate of drug-likeness (QED) is 0.725. The van der Waals surface area contributed by atoms with E-state index in [4.69, 9.17) is 0 Å². The lowest BCUT2D eigenvalue weighted by atomic mass is 9.84. The molecule has 0 spiro atoms. The Hall–Kier alpha value is -2.18. The van der Waals surface area contributed by atoms with Crippen LogP contribution >= 0.6 is 11.3 Å². The van der Waals surface area contributed by atoms with Gasteiger partial charge < -0.3 is 10.2 Å². The Morgan fingerprint density at radius 1 is 1.30 bits per heavy atom. The summed E-state index contributed by atoms with van der Waals surface area (Å²) in [7, 11) is 0. The summed E-state index contributed by atoms with van der Waals surface area (Å²) in [5, 5.41) is 9.11. The monoisotopic (exact) mass is 381 g/mol. The van der Waals surface area contributed by atoms with Gasteiger partial charge in [-0.3, -0.25) is 9.48 Å². The molecule has 6 rings (SSSR count). The van der Waals surface area contributed by atoms with E-state index >= 15 is 0 Å². The fourth-order valence-corrected chi connectivity index (χ4v) is 5.69. The summed E-state index contributed by atoms with van der Waals surface area (Å²) in [5.74, 6) is 0.746. The van der Waals surface area contributed by atoms with Crippen LogP contribution in [0.15, 0.2) is 36.4 Å². The van der Waals surface area contributed by atoms with Gasteiger partial charge in [0.15, 0.2) is 0 Å². The van der Waals surface area contributed by atoms with Crippen LogP contribution in [0.2, 0.25) is 0 Å². The van der Waals surface area contributed by atoms with E-state index < -0.39 is 0 Å². The topological polar surface area (TPSA) is 51.4 Å². The second-order valence-corrected chi connectivity index (χ2v) is 8.96. The van der Waals surface area contributed by atoms with E-state index in [1.165, 1.54) is 31.5 Å². The molecule has 0 radical (unpaired) electrons. The second-order valence-electron chi connectivity index (χ2n) is 7.93. The molecule has 27 heavy (non-hydrogen) atoms. The van der Waals surface area contributed by atoms with Crippen molar-refractivity contribution in [2.24, 2.45) is 5.92 Å². The Kier molecular flexibility index (Phi) is 4.25. The maximum Gasteiger partial charge on any atom is 0.261 e. The highest BCUT2D eigenvalue weighted by molar-refractivity contribution is 7.20. The van der Waals surface area contributed by atoms with E-state index in [0.717, 1.165) is 33.9 Å². The summed E-state index contributed by atoms with van der Waals surface area (Å²) in [4.78, 5) is 16.4. The minimum atomic E-state index is 0.0833. The molecule has 0 aliphatic carbocycles. The van der Waals surface area contributed by atoms with Gasteiger partial charge in [0.05, 0.1) is 42.8 Å². The molecule has 1 atom stereocenters. The standard InChI is InChI=1S/C21H24N4OS/c1-14-17-11-19(20(26)22-18-13-24-9-7-16(18)8-10-24)27-21(17)25(23-14)12-15-5-3-2-4-6-15/h2-6,11,16,18H,7-10,12-13H2,1H3,(H,22,26)/p+1/t18-/m1/s1. The first-order valence-corrected chi connectivity index (χ1v) is 10.6. The smallest absolute Gasteiger partial charge is 0.261 e. The fraction of sp³-hybridized carbons (Fsp3) is 0.429. The van der Waals surface area contributed by atoms with Gasteiger partial charge in [-0.2, -0.15) is 5.10 Å². The summed E-state index contributed by atoms with van der Waals surface area (Å²) in [6.45, 7) is 6.38. The molecule has 0 saturated carbocycles. The van der Waals surface area contributed by atoms with Gasteiger partial charge in [-0.05, 0) is 24.5 Å². The summed E-state index contributed by atoms with van der Waals surface area (Å²) in [5.41, 5.74) is 2.21. The summed E-state index contributed by atoms with van der Waals surface area (Å²) < 4.78 is 2.03. The van der Waals surface area contributed by atoms with Crippen LogP contribution in [0.1, 0.15) is 33.8 Å². The van der Waals surface area contributed by atoms with Crippen molar-refractivity contribution in [2.45, 2.75) is 32.4 Å². The van der Waals surface area contributed by atoms with Crippen molar-refractivity contribution >= 4 is 27.5 Å². The van der Waals surface area contributed by atoms with Crippen molar-refractivity contribution in [1.82, 2.24) is 15.1 Å². The van der Waals surface area contributed by atoms with Gasteiger partial charge >= 0.3 is 0 Å². The number of carbonyl (C=O) groups is 1. The summed E-state index contributed by atoms with van der Waals surface area (Å²) in [6, 6.07) is 12.7. The number of benzene rings is 1. The number of aromatic nitrogens is 2. The molecule has 3 saturated heterocycles. The lowest BCUT2D eigenvalue weighted by Gasteiger charge is -2.41. The Balaban J connectivity index is 1.38. The molecule has 5 nitrogen and oxygen atoms in total. The highest BCUT2D eigenvalue weighted by atomic mass is 32.1. The molecule has 3 aromatic rings. The molecule has 0 unspecified atom stereocenters.